The molecular formula is C40H76N6O6. The Balaban J connectivity index is 5.16. The quantitative estimate of drug-likeness (QED) is 0.0471. The van der Waals surface area contributed by atoms with E-state index in [9.17, 15) is 28.8 Å². The van der Waals surface area contributed by atoms with Crippen molar-refractivity contribution in [3.05, 3.63) is 0 Å². The molecule has 0 spiro atoms. The molecule has 2 atom stereocenters. The van der Waals surface area contributed by atoms with E-state index in [1.165, 1.54) is 0 Å². The van der Waals surface area contributed by atoms with Crippen LogP contribution >= 0.6 is 0 Å². The number of rotatable bonds is 33. The lowest BCUT2D eigenvalue weighted by molar-refractivity contribution is -0.132. The number of carbonyl (C=O) groups is 6. The lowest BCUT2D eigenvalue weighted by Gasteiger charge is -2.24. The fraction of sp³-hybridized carbons (Fsp3) is 0.850. The van der Waals surface area contributed by atoms with Crippen LogP contribution in [-0.4, -0.2) is 73.2 Å². The minimum Gasteiger partial charge on any atom is -0.356 e. The van der Waals surface area contributed by atoms with Gasteiger partial charge in [-0.15, -0.1) is 0 Å². The van der Waals surface area contributed by atoms with Crippen molar-refractivity contribution in [2.45, 2.75) is 195 Å². The molecule has 0 aliphatic heterocycles. The molecule has 52 heavy (non-hydrogen) atoms. The van der Waals surface area contributed by atoms with E-state index in [1.54, 1.807) is 0 Å². The van der Waals surface area contributed by atoms with E-state index in [0.29, 0.717) is 96.2 Å². The van der Waals surface area contributed by atoms with Gasteiger partial charge in [0, 0.05) is 51.4 Å². The first-order valence-electron chi connectivity index (χ1n) is 20.6. The Bertz CT molecular complexity index is 1010. The summed E-state index contributed by atoms with van der Waals surface area (Å²) >= 11 is 0. The van der Waals surface area contributed by atoms with Crippen LogP contribution in [0.2, 0.25) is 0 Å². The Morgan fingerprint density at radius 3 is 1.21 bits per heavy atom. The van der Waals surface area contributed by atoms with E-state index in [0.717, 1.165) is 57.8 Å². The lowest BCUT2D eigenvalue weighted by atomic mass is 10.0. The first-order chi connectivity index (χ1) is 24.9. The van der Waals surface area contributed by atoms with Crippen molar-refractivity contribution in [3.8, 4) is 0 Å². The number of hydrogen-bond acceptors (Lipinski definition) is 6. The van der Waals surface area contributed by atoms with Crippen molar-refractivity contribution < 1.29 is 28.8 Å². The summed E-state index contributed by atoms with van der Waals surface area (Å²) in [6.45, 7) is 13.8. The van der Waals surface area contributed by atoms with E-state index in [-0.39, 0.29) is 42.0 Å². The molecule has 0 aromatic rings. The smallest absolute Gasteiger partial charge is 0.243 e. The summed E-state index contributed by atoms with van der Waals surface area (Å²) in [5.41, 5.74) is 0. The molecule has 0 fully saturated rings. The maximum Gasteiger partial charge on any atom is 0.243 e. The van der Waals surface area contributed by atoms with Gasteiger partial charge in [0.1, 0.15) is 12.1 Å². The van der Waals surface area contributed by atoms with Crippen molar-refractivity contribution in [2.75, 3.05) is 19.6 Å². The molecule has 12 nitrogen and oxygen atoms in total. The van der Waals surface area contributed by atoms with Gasteiger partial charge in [-0.2, -0.15) is 0 Å². The van der Waals surface area contributed by atoms with E-state index < -0.39 is 18.0 Å². The molecular weight excluding hydrogens is 660 g/mol. The number of hydrogen-bond donors (Lipinski definition) is 6. The second-order valence-corrected chi connectivity index (χ2v) is 14.9. The van der Waals surface area contributed by atoms with Gasteiger partial charge in [0.2, 0.25) is 35.4 Å². The van der Waals surface area contributed by atoms with Gasteiger partial charge >= 0.3 is 0 Å². The largest absolute Gasteiger partial charge is 0.356 e. The monoisotopic (exact) mass is 737 g/mol. The zero-order chi connectivity index (χ0) is 39.0. The van der Waals surface area contributed by atoms with Gasteiger partial charge in [0.15, 0.2) is 0 Å². The number of amides is 6. The average molecular weight is 737 g/mol. The van der Waals surface area contributed by atoms with Gasteiger partial charge in [-0.1, -0.05) is 66.2 Å². The maximum atomic E-state index is 13.6. The van der Waals surface area contributed by atoms with E-state index in [4.69, 9.17) is 0 Å². The molecule has 12 heteroatoms. The van der Waals surface area contributed by atoms with Gasteiger partial charge in [-0.25, -0.2) is 0 Å². The normalized spacial score (nSPS) is 12.2. The van der Waals surface area contributed by atoms with Crippen LogP contribution in [0.15, 0.2) is 0 Å². The molecule has 6 amide bonds. The van der Waals surface area contributed by atoms with E-state index >= 15 is 0 Å². The van der Waals surface area contributed by atoms with Crippen molar-refractivity contribution >= 4 is 35.4 Å². The average Bonchev–Trinajstić information content (AvgIpc) is 3.08. The number of carbonyl (C=O) groups excluding carboxylic acids is 6. The third-order valence-corrected chi connectivity index (χ3v) is 8.80. The third kappa shape index (κ3) is 29.4. The summed E-state index contributed by atoms with van der Waals surface area (Å²) in [5, 5.41) is 17.5. The first kappa shape index (κ1) is 48.8. The van der Waals surface area contributed by atoms with Crippen molar-refractivity contribution in [1.29, 1.82) is 0 Å². The molecule has 0 unspecified atom stereocenters. The molecule has 302 valence electrons. The van der Waals surface area contributed by atoms with Crippen LogP contribution in [0, 0.1) is 5.92 Å². The highest BCUT2D eigenvalue weighted by Gasteiger charge is 2.26. The molecule has 0 saturated heterocycles. The van der Waals surface area contributed by atoms with Crippen molar-refractivity contribution in [2.24, 2.45) is 5.92 Å². The fourth-order valence-electron chi connectivity index (χ4n) is 5.68. The first-order valence-corrected chi connectivity index (χ1v) is 20.6. The van der Waals surface area contributed by atoms with Crippen LogP contribution in [0.3, 0.4) is 0 Å². The summed E-state index contributed by atoms with van der Waals surface area (Å²) < 4.78 is 0. The van der Waals surface area contributed by atoms with Crippen molar-refractivity contribution in [3.63, 3.8) is 0 Å². The number of unbranched alkanes of at least 4 members (excludes halogenated alkanes) is 8. The Labute approximate surface area is 315 Å². The molecule has 0 aromatic carbocycles. The fourth-order valence-corrected chi connectivity index (χ4v) is 5.68. The van der Waals surface area contributed by atoms with Gasteiger partial charge in [0.25, 0.3) is 0 Å². The van der Waals surface area contributed by atoms with Crippen LogP contribution in [0.1, 0.15) is 176 Å². The van der Waals surface area contributed by atoms with Gasteiger partial charge in [-0.3, -0.25) is 28.8 Å². The maximum absolute atomic E-state index is 13.6. The third-order valence-electron chi connectivity index (χ3n) is 8.80. The highest BCUT2D eigenvalue weighted by Crippen LogP contribution is 2.09. The van der Waals surface area contributed by atoms with Gasteiger partial charge in [-0.05, 0) is 90.4 Å². The molecule has 6 N–H and O–H groups in total. The van der Waals surface area contributed by atoms with Crippen LogP contribution < -0.4 is 31.9 Å². The van der Waals surface area contributed by atoms with Crippen LogP contribution in [0.25, 0.3) is 0 Å². The molecule has 0 aromatic heterocycles. The summed E-state index contributed by atoms with van der Waals surface area (Å²) in [5.74, 6) is -0.255. The second-order valence-electron chi connectivity index (χ2n) is 14.9. The molecule has 0 aliphatic carbocycles. The zero-order valence-corrected chi connectivity index (χ0v) is 33.7. The molecule has 0 heterocycles. The van der Waals surface area contributed by atoms with E-state index in [1.807, 2.05) is 13.8 Å². The van der Waals surface area contributed by atoms with Gasteiger partial charge < -0.3 is 31.9 Å². The van der Waals surface area contributed by atoms with E-state index in [2.05, 4.69) is 59.6 Å². The molecule has 0 rings (SSSR count). The molecule has 0 radical (unpaired) electrons. The van der Waals surface area contributed by atoms with Crippen LogP contribution in [-0.2, 0) is 28.8 Å². The standard InChI is InChI=1S/C40H76N6O6/c1-7-9-11-24-35(47)41-28-18-15-22-33(45-38(50)27-17-20-30-43-36(48)25-12-10-8-2)40(52)46-34(39(51)44-32(5)6)23-16-19-29-42-37(49)26-14-13-21-31(3)4/h31-34H,7-30H2,1-6H3,(H,41,47)(H,42,49)(H,43,48)(H,44,51)(H,45,50)(H,46,52)/t33-,34+/m1/s1. The predicted octanol–water partition coefficient (Wildman–Crippen LogP) is 5.72. The summed E-state index contributed by atoms with van der Waals surface area (Å²) in [6.07, 6.45) is 15.1. The topological polar surface area (TPSA) is 175 Å². The zero-order valence-electron chi connectivity index (χ0n) is 33.7. The summed E-state index contributed by atoms with van der Waals surface area (Å²) in [7, 11) is 0. The molecule has 0 bridgehead atoms. The van der Waals surface area contributed by atoms with Gasteiger partial charge in [0.05, 0.1) is 0 Å². The Hall–Kier alpha value is -3.18. The summed E-state index contributed by atoms with van der Waals surface area (Å²) in [6, 6.07) is -1.74. The molecule has 0 saturated carbocycles. The Morgan fingerprint density at radius 1 is 0.404 bits per heavy atom. The van der Waals surface area contributed by atoms with Crippen LogP contribution in [0.4, 0.5) is 0 Å². The SMILES string of the molecule is CCCCCC(=O)NCCCCC(=O)N[C@H](CCCCNC(=O)CCCCC)C(=O)N[C@@H](CCCCNC(=O)CCCCC(C)C)C(=O)NC(C)C. The Kier molecular flexibility index (Phi) is 30.5. The second kappa shape index (κ2) is 32.5. The van der Waals surface area contributed by atoms with Crippen LogP contribution in [0.5, 0.6) is 0 Å². The lowest BCUT2D eigenvalue weighted by Crippen LogP contribution is -2.54. The number of nitrogens with one attached hydrogen (secondary N) is 6. The highest BCUT2D eigenvalue weighted by molar-refractivity contribution is 5.92. The Morgan fingerprint density at radius 2 is 0.769 bits per heavy atom. The highest BCUT2D eigenvalue weighted by atomic mass is 16.2. The minimum absolute atomic E-state index is 0.0217. The predicted molar refractivity (Wildman–Crippen MR) is 209 cm³/mol. The minimum atomic E-state index is -0.838. The van der Waals surface area contributed by atoms with Crippen molar-refractivity contribution in [1.82, 2.24) is 31.9 Å². The summed E-state index contributed by atoms with van der Waals surface area (Å²) in [4.78, 5) is 76.0. The molecule has 0 aliphatic rings.